The van der Waals surface area contributed by atoms with Gasteiger partial charge in [-0.1, -0.05) is 48.0 Å². The number of para-hydroxylation sites is 1. The summed E-state index contributed by atoms with van der Waals surface area (Å²) in [6.07, 6.45) is 1.63. The second kappa shape index (κ2) is 9.88. The van der Waals surface area contributed by atoms with Crippen LogP contribution in [0, 0.1) is 6.92 Å². The third kappa shape index (κ3) is 6.06. The molecule has 1 amide bonds. The number of amides is 1. The van der Waals surface area contributed by atoms with Crippen LogP contribution in [-0.4, -0.2) is 48.4 Å². The Kier molecular flexibility index (Phi) is 7.27. The molecule has 144 valence electrons. The summed E-state index contributed by atoms with van der Waals surface area (Å²) in [5.74, 6) is 0.0177. The van der Waals surface area contributed by atoms with E-state index in [4.69, 9.17) is 11.6 Å². The number of anilines is 1. The van der Waals surface area contributed by atoms with Crippen LogP contribution in [0.25, 0.3) is 0 Å². The fourth-order valence-corrected chi connectivity index (χ4v) is 3.65. The molecule has 0 unspecified atom stereocenters. The molecule has 0 atom stereocenters. The molecule has 0 aromatic heterocycles. The number of carbonyl (C=O) groups is 1. The summed E-state index contributed by atoms with van der Waals surface area (Å²) in [5.41, 5.74) is 3.45. The summed E-state index contributed by atoms with van der Waals surface area (Å²) >= 11 is 6.10. The highest BCUT2D eigenvalue weighted by Crippen LogP contribution is 2.20. The molecule has 1 aliphatic rings. The Hall–Kier alpha value is -1.88. The first-order chi connectivity index (χ1) is 13.1. The average Bonchev–Trinajstić information content (AvgIpc) is 2.89. The summed E-state index contributed by atoms with van der Waals surface area (Å²) < 4.78 is 0. The minimum atomic E-state index is 0.0177. The van der Waals surface area contributed by atoms with Crippen molar-refractivity contribution in [2.45, 2.75) is 26.3 Å². The molecule has 0 saturated carbocycles. The molecule has 3 rings (SSSR count). The minimum Gasteiger partial charge on any atom is -0.325 e. The number of hydrogen-bond donors (Lipinski definition) is 1. The van der Waals surface area contributed by atoms with E-state index in [9.17, 15) is 4.79 Å². The SMILES string of the molecule is Cc1ccccc1CN1CCCN(CCC(=O)Nc2ccccc2Cl)CC1. The molecule has 27 heavy (non-hydrogen) atoms. The highest BCUT2D eigenvalue weighted by Gasteiger charge is 2.16. The average molecular weight is 386 g/mol. The Balaban J connectivity index is 1.44. The van der Waals surface area contributed by atoms with Gasteiger partial charge in [0.05, 0.1) is 10.7 Å². The van der Waals surface area contributed by atoms with Crippen molar-refractivity contribution in [3.05, 3.63) is 64.7 Å². The molecule has 1 fully saturated rings. The van der Waals surface area contributed by atoms with Gasteiger partial charge in [0.2, 0.25) is 5.91 Å². The van der Waals surface area contributed by atoms with Crippen molar-refractivity contribution in [2.24, 2.45) is 0 Å². The third-order valence-corrected chi connectivity index (χ3v) is 5.47. The second-order valence-electron chi connectivity index (χ2n) is 7.18. The standard InChI is InChI=1S/C22H28ClN3O/c1-18-7-2-3-8-19(18)17-26-13-6-12-25(15-16-26)14-11-22(27)24-21-10-5-4-9-20(21)23/h2-5,7-10H,6,11-17H2,1H3,(H,24,27). The van der Waals surface area contributed by atoms with Crippen molar-refractivity contribution in [1.82, 2.24) is 9.80 Å². The maximum Gasteiger partial charge on any atom is 0.225 e. The topological polar surface area (TPSA) is 35.6 Å². The van der Waals surface area contributed by atoms with Crippen molar-refractivity contribution in [2.75, 3.05) is 38.0 Å². The highest BCUT2D eigenvalue weighted by molar-refractivity contribution is 6.33. The largest absolute Gasteiger partial charge is 0.325 e. The molecule has 1 N–H and O–H groups in total. The van der Waals surface area contributed by atoms with Gasteiger partial charge in [0, 0.05) is 32.6 Å². The molecule has 0 radical (unpaired) electrons. The number of nitrogens with one attached hydrogen (secondary N) is 1. The Labute approximate surface area is 167 Å². The lowest BCUT2D eigenvalue weighted by atomic mass is 10.1. The van der Waals surface area contributed by atoms with Gasteiger partial charge in [0.25, 0.3) is 0 Å². The highest BCUT2D eigenvalue weighted by atomic mass is 35.5. The van der Waals surface area contributed by atoms with E-state index in [1.165, 1.54) is 11.1 Å². The molecule has 0 bridgehead atoms. The molecule has 0 spiro atoms. The van der Waals surface area contributed by atoms with E-state index in [0.717, 1.165) is 45.7 Å². The summed E-state index contributed by atoms with van der Waals surface area (Å²) in [7, 11) is 0. The third-order valence-electron chi connectivity index (χ3n) is 5.14. The lowest BCUT2D eigenvalue weighted by molar-refractivity contribution is -0.116. The Morgan fingerprint density at radius 2 is 1.70 bits per heavy atom. The molecule has 1 aliphatic heterocycles. The van der Waals surface area contributed by atoms with Gasteiger partial charge in [-0.05, 0) is 49.7 Å². The van der Waals surface area contributed by atoms with Gasteiger partial charge in [-0.25, -0.2) is 0 Å². The van der Waals surface area contributed by atoms with E-state index in [0.29, 0.717) is 17.1 Å². The van der Waals surface area contributed by atoms with E-state index in [1.807, 2.05) is 18.2 Å². The Morgan fingerprint density at radius 3 is 2.52 bits per heavy atom. The first kappa shape index (κ1) is 19.9. The van der Waals surface area contributed by atoms with Crippen molar-refractivity contribution in [3.8, 4) is 0 Å². The number of carbonyl (C=O) groups excluding carboxylic acids is 1. The van der Waals surface area contributed by atoms with Gasteiger partial charge in [-0.15, -0.1) is 0 Å². The monoisotopic (exact) mass is 385 g/mol. The number of halogens is 1. The van der Waals surface area contributed by atoms with E-state index >= 15 is 0 Å². The second-order valence-corrected chi connectivity index (χ2v) is 7.58. The predicted molar refractivity (Wildman–Crippen MR) is 112 cm³/mol. The van der Waals surface area contributed by atoms with Gasteiger partial charge in [0.1, 0.15) is 0 Å². The van der Waals surface area contributed by atoms with E-state index < -0.39 is 0 Å². The number of hydrogen-bond acceptors (Lipinski definition) is 3. The van der Waals surface area contributed by atoms with Gasteiger partial charge in [0.15, 0.2) is 0 Å². The van der Waals surface area contributed by atoms with Crippen molar-refractivity contribution < 1.29 is 4.79 Å². The first-order valence-electron chi connectivity index (χ1n) is 9.65. The van der Waals surface area contributed by atoms with Crippen molar-refractivity contribution in [3.63, 3.8) is 0 Å². The lowest BCUT2D eigenvalue weighted by Gasteiger charge is -2.22. The molecule has 5 heteroatoms. The van der Waals surface area contributed by atoms with E-state index in [2.05, 4.69) is 46.3 Å². The summed E-state index contributed by atoms with van der Waals surface area (Å²) in [4.78, 5) is 17.1. The van der Waals surface area contributed by atoms with Crippen LogP contribution in [0.4, 0.5) is 5.69 Å². The Bertz CT molecular complexity index is 765. The zero-order valence-electron chi connectivity index (χ0n) is 16.0. The lowest BCUT2D eigenvalue weighted by Crippen LogP contribution is -2.32. The zero-order chi connectivity index (χ0) is 19.1. The maximum absolute atomic E-state index is 12.2. The van der Waals surface area contributed by atoms with Crippen LogP contribution in [0.1, 0.15) is 24.0 Å². The summed E-state index contributed by atoms with van der Waals surface area (Å²) in [6.45, 7) is 8.17. The fourth-order valence-electron chi connectivity index (χ4n) is 3.47. The van der Waals surface area contributed by atoms with Crippen molar-refractivity contribution in [1.29, 1.82) is 0 Å². The summed E-state index contributed by atoms with van der Waals surface area (Å²) in [5, 5.41) is 3.48. The van der Waals surface area contributed by atoms with Crippen LogP contribution in [0.5, 0.6) is 0 Å². The molecule has 0 aliphatic carbocycles. The van der Waals surface area contributed by atoms with Gasteiger partial charge >= 0.3 is 0 Å². The first-order valence-corrected chi connectivity index (χ1v) is 10.0. The molecular weight excluding hydrogens is 358 g/mol. The van der Waals surface area contributed by atoms with E-state index in [1.54, 1.807) is 6.07 Å². The zero-order valence-corrected chi connectivity index (χ0v) is 16.7. The van der Waals surface area contributed by atoms with Crippen LogP contribution in [0.2, 0.25) is 5.02 Å². The maximum atomic E-state index is 12.2. The smallest absolute Gasteiger partial charge is 0.225 e. The van der Waals surface area contributed by atoms with Crippen LogP contribution in [0.3, 0.4) is 0 Å². The normalized spacial score (nSPS) is 16.1. The molecule has 2 aromatic carbocycles. The van der Waals surface area contributed by atoms with E-state index in [-0.39, 0.29) is 5.91 Å². The van der Waals surface area contributed by atoms with Crippen LogP contribution in [-0.2, 0) is 11.3 Å². The minimum absolute atomic E-state index is 0.0177. The van der Waals surface area contributed by atoms with Crippen LogP contribution >= 0.6 is 11.6 Å². The molecular formula is C22H28ClN3O. The quantitative estimate of drug-likeness (QED) is 0.810. The fraction of sp³-hybridized carbons (Fsp3) is 0.409. The number of rotatable bonds is 6. The summed E-state index contributed by atoms with van der Waals surface area (Å²) in [6, 6.07) is 16.0. The van der Waals surface area contributed by atoms with Crippen LogP contribution < -0.4 is 5.32 Å². The molecule has 4 nitrogen and oxygen atoms in total. The van der Waals surface area contributed by atoms with Crippen LogP contribution in [0.15, 0.2) is 48.5 Å². The Morgan fingerprint density at radius 1 is 1.00 bits per heavy atom. The number of aryl methyl sites for hydroxylation is 1. The van der Waals surface area contributed by atoms with Gasteiger partial charge in [-0.2, -0.15) is 0 Å². The molecule has 1 saturated heterocycles. The molecule has 2 aromatic rings. The predicted octanol–water partition coefficient (Wildman–Crippen LogP) is 4.18. The number of nitrogens with zero attached hydrogens (tertiary/aromatic N) is 2. The van der Waals surface area contributed by atoms with Gasteiger partial charge in [-0.3, -0.25) is 9.69 Å². The molecule has 1 heterocycles. The number of benzene rings is 2. The van der Waals surface area contributed by atoms with Gasteiger partial charge < -0.3 is 10.2 Å². The van der Waals surface area contributed by atoms with Crippen molar-refractivity contribution >= 4 is 23.2 Å².